The van der Waals surface area contributed by atoms with Gasteiger partial charge in [-0.3, -0.25) is 14.6 Å². The third kappa shape index (κ3) is 2.99. The van der Waals surface area contributed by atoms with Crippen LogP contribution in [0.3, 0.4) is 0 Å². The van der Waals surface area contributed by atoms with E-state index in [1.54, 1.807) is 12.3 Å². The minimum atomic E-state index is -0.386. The number of hydrogen-bond acceptors (Lipinski definition) is 8. The number of fused-ring (bicyclic) bond motifs is 1. The molecule has 0 fully saturated rings. The lowest BCUT2D eigenvalue weighted by molar-refractivity contribution is 0.0977. The first kappa shape index (κ1) is 15.1. The van der Waals surface area contributed by atoms with Crippen LogP contribution in [0, 0.1) is 0 Å². The maximum absolute atomic E-state index is 12.5. The second kappa shape index (κ2) is 6.19. The molecule has 9 nitrogen and oxygen atoms in total. The number of allylic oxidation sites excluding steroid dienone is 1. The molecule has 0 bridgehead atoms. The van der Waals surface area contributed by atoms with Gasteiger partial charge < -0.3 is 9.51 Å². The largest absolute Gasteiger partial charge is 0.361 e. The lowest BCUT2D eigenvalue weighted by atomic mass is 10.1. The first-order valence-electron chi connectivity index (χ1n) is 7.61. The number of nitrogens with one attached hydrogen (secondary N) is 1. The van der Waals surface area contributed by atoms with Crippen molar-refractivity contribution in [3.8, 4) is 0 Å². The molecule has 9 heteroatoms. The van der Waals surface area contributed by atoms with Gasteiger partial charge in [0, 0.05) is 31.5 Å². The van der Waals surface area contributed by atoms with E-state index in [1.807, 2.05) is 6.08 Å². The molecule has 0 unspecified atom stereocenters. The second-order valence-electron chi connectivity index (χ2n) is 5.43. The monoisotopic (exact) mass is 336 g/mol. The van der Waals surface area contributed by atoms with Gasteiger partial charge in [0.1, 0.15) is 29.0 Å². The Bertz CT molecular complexity index is 1080. The lowest BCUT2D eigenvalue weighted by Gasteiger charge is -2.02. The SMILES string of the molecule is O=C(CCc1cc(C2=NC=CC2)no1)c1ncnc2[nH]c(=O)cnc12. The Kier molecular flexibility index (Phi) is 3.73. The lowest BCUT2D eigenvalue weighted by Crippen LogP contribution is -2.11. The number of aliphatic imine (C=N–C) groups is 1. The molecule has 1 aliphatic rings. The van der Waals surface area contributed by atoms with E-state index in [4.69, 9.17) is 4.52 Å². The Labute approximate surface area is 140 Å². The zero-order valence-corrected chi connectivity index (χ0v) is 13.0. The molecule has 0 radical (unpaired) electrons. The van der Waals surface area contributed by atoms with Crippen LogP contribution in [-0.2, 0) is 6.42 Å². The van der Waals surface area contributed by atoms with Crippen molar-refractivity contribution in [1.82, 2.24) is 25.1 Å². The van der Waals surface area contributed by atoms with Gasteiger partial charge in [0.2, 0.25) is 0 Å². The van der Waals surface area contributed by atoms with Crippen LogP contribution in [0.2, 0.25) is 0 Å². The van der Waals surface area contributed by atoms with E-state index in [1.165, 1.54) is 6.33 Å². The van der Waals surface area contributed by atoms with E-state index in [0.717, 1.165) is 18.3 Å². The predicted molar refractivity (Wildman–Crippen MR) is 87.4 cm³/mol. The minimum Gasteiger partial charge on any atom is -0.361 e. The number of Topliss-reactive ketones (excluding diaryl/α,β-unsaturated/α-hetero) is 1. The van der Waals surface area contributed by atoms with E-state index < -0.39 is 0 Å². The number of hydrogen-bond donors (Lipinski definition) is 1. The van der Waals surface area contributed by atoms with Crippen molar-refractivity contribution in [2.24, 2.45) is 4.99 Å². The molecule has 0 atom stereocenters. The van der Waals surface area contributed by atoms with Crippen molar-refractivity contribution >= 4 is 22.7 Å². The number of ketones is 1. The van der Waals surface area contributed by atoms with Crippen LogP contribution in [0.15, 0.2) is 45.2 Å². The maximum Gasteiger partial charge on any atom is 0.268 e. The molecule has 4 rings (SSSR count). The van der Waals surface area contributed by atoms with Crippen LogP contribution in [0.5, 0.6) is 0 Å². The Hall–Kier alpha value is -3.49. The Balaban J connectivity index is 1.50. The highest BCUT2D eigenvalue weighted by Crippen LogP contribution is 2.15. The van der Waals surface area contributed by atoms with E-state index in [0.29, 0.717) is 17.9 Å². The number of rotatable bonds is 5. The summed E-state index contributed by atoms with van der Waals surface area (Å²) in [5.41, 5.74) is 1.82. The highest BCUT2D eigenvalue weighted by Gasteiger charge is 2.17. The summed E-state index contributed by atoms with van der Waals surface area (Å²) >= 11 is 0. The standard InChI is InChI=1S/C16H12N6O3/c23-12(14-15-16(20-8-19-14)21-13(24)7-18-15)4-3-9-6-11(22-25-9)10-2-1-5-17-10/h1,5-8H,2-4H2,(H,19,20,21,24). The molecule has 0 saturated carbocycles. The zero-order chi connectivity index (χ0) is 17.2. The fraction of sp³-hybridized carbons (Fsp3) is 0.188. The van der Waals surface area contributed by atoms with Crippen LogP contribution in [0.4, 0.5) is 0 Å². The summed E-state index contributed by atoms with van der Waals surface area (Å²) in [5.74, 6) is 0.377. The fourth-order valence-electron chi connectivity index (χ4n) is 2.52. The number of carbonyl (C=O) groups is 1. The molecule has 124 valence electrons. The molecule has 3 aromatic heterocycles. The van der Waals surface area contributed by atoms with Gasteiger partial charge in [-0.25, -0.2) is 15.0 Å². The second-order valence-corrected chi connectivity index (χ2v) is 5.43. The van der Waals surface area contributed by atoms with Crippen molar-refractivity contribution in [2.75, 3.05) is 0 Å². The van der Waals surface area contributed by atoms with E-state index in [-0.39, 0.29) is 34.6 Å². The summed E-state index contributed by atoms with van der Waals surface area (Å²) in [6.07, 6.45) is 7.26. The zero-order valence-electron chi connectivity index (χ0n) is 13.0. The fourth-order valence-corrected chi connectivity index (χ4v) is 2.52. The van der Waals surface area contributed by atoms with Gasteiger partial charge in [0.15, 0.2) is 11.4 Å². The number of nitrogens with zero attached hydrogens (tertiary/aromatic N) is 5. The third-order valence-electron chi connectivity index (χ3n) is 3.74. The van der Waals surface area contributed by atoms with Gasteiger partial charge in [-0.1, -0.05) is 11.2 Å². The van der Waals surface area contributed by atoms with Gasteiger partial charge in [-0.05, 0) is 0 Å². The number of H-pyrrole nitrogens is 1. The molecular formula is C16H12N6O3. The molecule has 1 N–H and O–H groups in total. The van der Waals surface area contributed by atoms with Gasteiger partial charge in [0.05, 0.1) is 11.9 Å². The first-order chi connectivity index (χ1) is 12.2. The molecule has 0 saturated heterocycles. The van der Waals surface area contributed by atoms with Crippen LogP contribution >= 0.6 is 0 Å². The van der Waals surface area contributed by atoms with E-state index >= 15 is 0 Å². The topological polar surface area (TPSA) is 127 Å². The van der Waals surface area contributed by atoms with Gasteiger partial charge in [-0.2, -0.15) is 0 Å². The highest BCUT2D eigenvalue weighted by atomic mass is 16.5. The van der Waals surface area contributed by atoms with E-state index in [9.17, 15) is 9.59 Å². The summed E-state index contributed by atoms with van der Waals surface area (Å²) in [4.78, 5) is 42.4. The Morgan fingerprint density at radius 1 is 1.28 bits per heavy atom. The van der Waals surface area contributed by atoms with Gasteiger partial charge >= 0.3 is 0 Å². The molecule has 1 aliphatic heterocycles. The molecule has 0 amide bonds. The average Bonchev–Trinajstić information content (AvgIpc) is 3.30. The molecular weight excluding hydrogens is 324 g/mol. The predicted octanol–water partition coefficient (Wildman–Crippen LogP) is 1.22. The highest BCUT2D eigenvalue weighted by molar-refractivity contribution is 6.03. The van der Waals surface area contributed by atoms with Crippen molar-refractivity contribution in [3.05, 3.63) is 58.4 Å². The van der Waals surface area contributed by atoms with Crippen LogP contribution in [0.25, 0.3) is 11.2 Å². The maximum atomic E-state index is 12.5. The summed E-state index contributed by atoms with van der Waals surface area (Å²) in [6.45, 7) is 0. The van der Waals surface area contributed by atoms with Gasteiger partial charge in [0.25, 0.3) is 5.56 Å². The minimum absolute atomic E-state index is 0.172. The van der Waals surface area contributed by atoms with Crippen molar-refractivity contribution in [2.45, 2.75) is 19.3 Å². The smallest absolute Gasteiger partial charge is 0.268 e. The number of aromatic amines is 1. The van der Waals surface area contributed by atoms with Crippen molar-refractivity contribution in [1.29, 1.82) is 0 Å². The molecule has 25 heavy (non-hydrogen) atoms. The number of aromatic nitrogens is 5. The summed E-state index contributed by atoms with van der Waals surface area (Å²) < 4.78 is 5.26. The quantitative estimate of drug-likeness (QED) is 0.694. The van der Waals surface area contributed by atoms with Crippen molar-refractivity contribution in [3.63, 3.8) is 0 Å². The summed E-state index contributed by atoms with van der Waals surface area (Å²) in [5, 5.41) is 3.97. The Morgan fingerprint density at radius 3 is 3.04 bits per heavy atom. The van der Waals surface area contributed by atoms with E-state index in [2.05, 4.69) is 30.1 Å². The third-order valence-corrected chi connectivity index (χ3v) is 3.74. The molecule has 3 aromatic rings. The van der Waals surface area contributed by atoms with Gasteiger partial charge in [-0.15, -0.1) is 0 Å². The van der Waals surface area contributed by atoms with Crippen molar-refractivity contribution < 1.29 is 9.32 Å². The molecule has 0 spiro atoms. The normalized spacial score (nSPS) is 13.4. The number of aryl methyl sites for hydroxylation is 1. The number of carbonyl (C=O) groups excluding carboxylic acids is 1. The van der Waals surface area contributed by atoms with Crippen LogP contribution < -0.4 is 5.56 Å². The molecule has 4 heterocycles. The Morgan fingerprint density at radius 2 is 2.20 bits per heavy atom. The molecule has 0 aliphatic carbocycles. The summed E-state index contributed by atoms with van der Waals surface area (Å²) in [7, 11) is 0. The average molecular weight is 336 g/mol. The molecule has 0 aromatic carbocycles. The first-order valence-corrected chi connectivity index (χ1v) is 7.61. The summed E-state index contributed by atoms with van der Waals surface area (Å²) in [6, 6.07) is 1.78. The van der Waals surface area contributed by atoms with Crippen LogP contribution in [0.1, 0.15) is 34.8 Å². The van der Waals surface area contributed by atoms with Crippen LogP contribution in [-0.4, -0.2) is 36.6 Å².